The molecule has 8 heavy (non-hydrogen) atoms. The number of hydrogen-bond acceptors (Lipinski definition) is 1. The number of hydrogen-bond donors (Lipinski definition) is 1. The van der Waals surface area contributed by atoms with E-state index in [-0.39, 0.29) is 31.1 Å². The van der Waals surface area contributed by atoms with E-state index in [4.69, 9.17) is 5.73 Å². The van der Waals surface area contributed by atoms with E-state index in [1.54, 1.807) is 24.3 Å². The van der Waals surface area contributed by atoms with Crippen molar-refractivity contribution in [2.24, 2.45) is 0 Å². The van der Waals surface area contributed by atoms with Gasteiger partial charge < -0.3 is 5.73 Å². The zero-order chi connectivity index (χ0) is 5.11. The molecule has 0 fully saturated rings. The van der Waals surface area contributed by atoms with E-state index in [9.17, 15) is 0 Å². The SMILES string of the molecule is Nc1cc[c-]cc1.[U]. The molecule has 1 aromatic rings. The van der Waals surface area contributed by atoms with Crippen molar-refractivity contribution in [2.45, 2.75) is 0 Å². The fraction of sp³-hybridized carbons (Fsp3) is 0. The molecule has 0 atom stereocenters. The van der Waals surface area contributed by atoms with Gasteiger partial charge in [-0.15, -0.1) is 12.1 Å². The van der Waals surface area contributed by atoms with Crippen LogP contribution in [0.2, 0.25) is 0 Å². The quantitative estimate of drug-likeness (QED) is 0.559. The molecule has 2 heteroatoms. The van der Waals surface area contributed by atoms with Crippen LogP contribution in [0.5, 0.6) is 0 Å². The minimum absolute atomic E-state index is 0. The minimum atomic E-state index is 0. The zero-order valence-electron chi connectivity index (χ0n) is 4.39. The Hall–Kier alpha value is 0.0719. The van der Waals surface area contributed by atoms with Crippen molar-refractivity contribution in [2.75, 3.05) is 5.73 Å². The minimum Gasteiger partial charge on any atom is -0.419 e. The third-order valence-electron chi connectivity index (χ3n) is 0.744. The maximum atomic E-state index is 5.34. The number of nitrogen functional groups attached to an aromatic ring is 1. The van der Waals surface area contributed by atoms with Crippen LogP contribution in [-0.4, -0.2) is 0 Å². The van der Waals surface area contributed by atoms with E-state index >= 15 is 0 Å². The van der Waals surface area contributed by atoms with E-state index in [2.05, 4.69) is 6.07 Å². The third-order valence-corrected chi connectivity index (χ3v) is 0.744. The second-order valence-corrected chi connectivity index (χ2v) is 1.33. The molecular weight excluding hydrogens is 324 g/mol. The van der Waals surface area contributed by atoms with E-state index < -0.39 is 0 Å². The monoisotopic (exact) mass is 330 g/mol. The molecule has 0 unspecified atom stereocenters. The molecule has 0 aliphatic carbocycles. The van der Waals surface area contributed by atoms with Gasteiger partial charge in [-0.25, -0.2) is 0 Å². The predicted octanol–water partition coefficient (Wildman–Crippen LogP) is 1.07. The molecule has 2 N–H and O–H groups in total. The summed E-state index contributed by atoms with van der Waals surface area (Å²) in [5, 5.41) is 0. The predicted molar refractivity (Wildman–Crippen MR) is 29.7 cm³/mol. The topological polar surface area (TPSA) is 26.0 Å². The van der Waals surface area contributed by atoms with Gasteiger partial charge >= 0.3 is 0 Å². The fourth-order valence-electron chi connectivity index (χ4n) is 0.400. The molecule has 0 amide bonds. The van der Waals surface area contributed by atoms with E-state index in [1.165, 1.54) is 0 Å². The Bertz CT molecular complexity index is 138. The van der Waals surface area contributed by atoms with Crippen LogP contribution < -0.4 is 5.73 Å². The molecule has 0 bridgehead atoms. The van der Waals surface area contributed by atoms with Crippen molar-refractivity contribution < 1.29 is 31.1 Å². The normalized spacial score (nSPS) is 7.50. The first-order valence-electron chi connectivity index (χ1n) is 2.11. The molecule has 1 nitrogen and oxygen atoms in total. The van der Waals surface area contributed by atoms with Crippen molar-refractivity contribution >= 4 is 5.69 Å². The average molecular weight is 330 g/mol. The van der Waals surface area contributed by atoms with Crippen molar-refractivity contribution in [1.29, 1.82) is 0 Å². The largest absolute Gasteiger partial charge is 0.419 e. The number of rotatable bonds is 0. The van der Waals surface area contributed by atoms with Crippen molar-refractivity contribution in [3.8, 4) is 0 Å². The molecule has 0 aliphatic heterocycles. The van der Waals surface area contributed by atoms with Crippen LogP contribution >= 0.6 is 0 Å². The average Bonchev–Trinajstić information content (AvgIpc) is 1.69. The van der Waals surface area contributed by atoms with Crippen molar-refractivity contribution in [1.82, 2.24) is 0 Å². The van der Waals surface area contributed by atoms with Gasteiger partial charge in [0.15, 0.2) is 0 Å². The Morgan fingerprint density at radius 2 is 1.75 bits per heavy atom. The van der Waals surface area contributed by atoms with Crippen LogP contribution in [-0.2, 0) is 0 Å². The first kappa shape index (κ1) is 8.07. The summed E-state index contributed by atoms with van der Waals surface area (Å²) in [6.45, 7) is 0. The van der Waals surface area contributed by atoms with Gasteiger partial charge in [-0.1, -0.05) is 5.69 Å². The second-order valence-electron chi connectivity index (χ2n) is 1.33. The molecule has 0 aliphatic rings. The number of anilines is 1. The number of nitrogens with two attached hydrogens (primary N) is 1. The zero-order valence-corrected chi connectivity index (χ0v) is 8.55. The Labute approximate surface area is 72.7 Å². The molecule has 0 saturated heterocycles. The Balaban J connectivity index is 0.000000490. The van der Waals surface area contributed by atoms with Crippen LogP contribution in [0.25, 0.3) is 0 Å². The molecular formula is C6H6NU-. The van der Waals surface area contributed by atoms with Crippen LogP contribution in [0.1, 0.15) is 0 Å². The molecule has 0 aromatic heterocycles. The molecule has 0 radical (unpaired) electrons. The summed E-state index contributed by atoms with van der Waals surface area (Å²) in [4.78, 5) is 0. The molecule has 1 rings (SSSR count). The van der Waals surface area contributed by atoms with Gasteiger partial charge in [0.25, 0.3) is 0 Å². The Morgan fingerprint density at radius 3 is 2.00 bits per heavy atom. The van der Waals surface area contributed by atoms with Crippen LogP contribution in [0.15, 0.2) is 24.3 Å². The van der Waals surface area contributed by atoms with Gasteiger partial charge in [-0.2, -0.15) is 18.2 Å². The van der Waals surface area contributed by atoms with Crippen LogP contribution in [0, 0.1) is 37.2 Å². The number of benzene rings is 1. The van der Waals surface area contributed by atoms with E-state index in [0.717, 1.165) is 5.69 Å². The van der Waals surface area contributed by atoms with E-state index in [1.807, 2.05) is 0 Å². The maximum absolute atomic E-state index is 5.34. The summed E-state index contributed by atoms with van der Waals surface area (Å²) in [7, 11) is 0. The second kappa shape index (κ2) is 4.00. The van der Waals surface area contributed by atoms with E-state index in [0.29, 0.717) is 0 Å². The van der Waals surface area contributed by atoms with Gasteiger partial charge in [0, 0.05) is 31.1 Å². The molecule has 0 spiro atoms. The summed E-state index contributed by atoms with van der Waals surface area (Å²) in [5.74, 6) is 0. The Morgan fingerprint density at radius 1 is 1.25 bits per heavy atom. The van der Waals surface area contributed by atoms with Gasteiger partial charge in [0.05, 0.1) is 0 Å². The van der Waals surface area contributed by atoms with Gasteiger partial charge in [0.1, 0.15) is 0 Å². The summed E-state index contributed by atoms with van der Waals surface area (Å²) >= 11 is 0. The van der Waals surface area contributed by atoms with Crippen LogP contribution in [0.3, 0.4) is 0 Å². The molecule has 0 saturated carbocycles. The fourth-order valence-corrected chi connectivity index (χ4v) is 0.400. The summed E-state index contributed by atoms with van der Waals surface area (Å²) in [6.07, 6.45) is 0. The summed E-state index contributed by atoms with van der Waals surface area (Å²) in [5.41, 5.74) is 6.13. The smallest absolute Gasteiger partial charge is 0 e. The third kappa shape index (κ3) is 2.40. The Kier molecular flexibility index (Phi) is 4.04. The first-order valence-corrected chi connectivity index (χ1v) is 2.11. The van der Waals surface area contributed by atoms with Gasteiger partial charge in [0.2, 0.25) is 0 Å². The first-order chi connectivity index (χ1) is 3.39. The molecule has 0 heterocycles. The van der Waals surface area contributed by atoms with Crippen LogP contribution in [0.4, 0.5) is 5.69 Å². The van der Waals surface area contributed by atoms with Gasteiger partial charge in [-0.3, -0.25) is 0 Å². The standard InChI is InChI=1S/C6H6N.U/c7-6-4-2-1-3-5-6;/h2-5H,7H2;/q-1;. The van der Waals surface area contributed by atoms with Crippen molar-refractivity contribution in [3.05, 3.63) is 30.3 Å². The maximum Gasteiger partial charge on any atom is 0 e. The van der Waals surface area contributed by atoms with Gasteiger partial charge in [-0.05, 0) is 0 Å². The summed E-state index contributed by atoms with van der Waals surface area (Å²) < 4.78 is 0. The van der Waals surface area contributed by atoms with Crippen molar-refractivity contribution in [3.63, 3.8) is 0 Å². The molecule has 40 valence electrons. The summed E-state index contributed by atoms with van der Waals surface area (Å²) in [6, 6.07) is 10.0. The molecule has 1 aromatic carbocycles.